The summed E-state index contributed by atoms with van der Waals surface area (Å²) in [6.07, 6.45) is 5.79. The van der Waals surface area contributed by atoms with Crippen molar-refractivity contribution in [2.75, 3.05) is 6.54 Å². The van der Waals surface area contributed by atoms with Gasteiger partial charge >= 0.3 is 5.00 Å². The van der Waals surface area contributed by atoms with Gasteiger partial charge in [-0.1, -0.05) is 30.6 Å². The third kappa shape index (κ3) is 4.66. The summed E-state index contributed by atoms with van der Waals surface area (Å²) < 4.78 is 0. The van der Waals surface area contributed by atoms with Crippen molar-refractivity contribution >= 4 is 34.7 Å². The van der Waals surface area contributed by atoms with Crippen molar-refractivity contribution in [1.29, 1.82) is 0 Å². The highest BCUT2D eigenvalue weighted by Gasteiger charge is 2.25. The van der Waals surface area contributed by atoms with E-state index in [9.17, 15) is 14.9 Å². The van der Waals surface area contributed by atoms with E-state index in [2.05, 4.69) is 5.32 Å². The molecule has 0 bridgehead atoms. The molecule has 21 heavy (non-hydrogen) atoms. The Balaban J connectivity index is 0.00000220. The van der Waals surface area contributed by atoms with Gasteiger partial charge in [-0.3, -0.25) is 14.9 Å². The van der Waals surface area contributed by atoms with Gasteiger partial charge in [-0.2, -0.15) is 0 Å². The lowest BCUT2D eigenvalue weighted by atomic mass is 9.84. The first kappa shape index (κ1) is 17.9. The summed E-state index contributed by atoms with van der Waals surface area (Å²) in [5.74, 6) is 0.164. The van der Waals surface area contributed by atoms with Crippen LogP contribution in [0, 0.1) is 16.0 Å². The van der Waals surface area contributed by atoms with E-state index in [4.69, 9.17) is 5.73 Å². The number of carbonyl (C=O) groups is 1. The van der Waals surface area contributed by atoms with Crippen molar-refractivity contribution in [2.45, 2.75) is 38.1 Å². The molecule has 2 rings (SSSR count). The molecule has 1 atom stereocenters. The lowest BCUT2D eigenvalue weighted by Gasteiger charge is -2.29. The Morgan fingerprint density at radius 2 is 2.10 bits per heavy atom. The maximum Gasteiger partial charge on any atom is 0.324 e. The van der Waals surface area contributed by atoms with Gasteiger partial charge in [0.1, 0.15) is 0 Å². The van der Waals surface area contributed by atoms with Crippen LogP contribution >= 0.6 is 23.7 Å². The standard InChI is InChI=1S/C13H19N3O3S.ClH/c14-8-10(9-4-2-1-3-5-9)15-13(17)11-6-7-12(20-11)16(18)19;/h6-7,9-10H,1-5,8,14H2,(H,15,17);1H. The van der Waals surface area contributed by atoms with E-state index in [1.807, 2.05) is 0 Å². The highest BCUT2D eigenvalue weighted by molar-refractivity contribution is 7.17. The number of hydrogen-bond donors (Lipinski definition) is 2. The molecule has 8 heteroatoms. The van der Waals surface area contributed by atoms with Crippen LogP contribution in [0.3, 0.4) is 0 Å². The molecule has 1 fully saturated rings. The Hall–Kier alpha value is -1.18. The number of carbonyl (C=O) groups excluding carboxylic acids is 1. The predicted molar refractivity (Wildman–Crippen MR) is 85.1 cm³/mol. The zero-order chi connectivity index (χ0) is 14.5. The van der Waals surface area contributed by atoms with Crippen molar-refractivity contribution in [3.63, 3.8) is 0 Å². The van der Waals surface area contributed by atoms with E-state index in [0.29, 0.717) is 17.3 Å². The molecule has 1 aliphatic rings. The first-order valence-electron chi connectivity index (χ1n) is 6.87. The van der Waals surface area contributed by atoms with Gasteiger partial charge in [-0.25, -0.2) is 0 Å². The number of nitrogens with zero attached hydrogens (tertiary/aromatic N) is 1. The fourth-order valence-corrected chi connectivity index (χ4v) is 3.42. The third-order valence-corrected chi connectivity index (χ3v) is 4.82. The average molecular weight is 334 g/mol. The molecule has 3 N–H and O–H groups in total. The zero-order valence-electron chi connectivity index (χ0n) is 11.6. The van der Waals surface area contributed by atoms with Crippen molar-refractivity contribution in [3.8, 4) is 0 Å². The van der Waals surface area contributed by atoms with Gasteiger partial charge in [-0.15, -0.1) is 12.4 Å². The Bertz CT molecular complexity index is 489. The Morgan fingerprint density at radius 1 is 1.43 bits per heavy atom. The van der Waals surface area contributed by atoms with Gasteiger partial charge < -0.3 is 11.1 Å². The van der Waals surface area contributed by atoms with Crippen LogP contribution in [-0.4, -0.2) is 23.4 Å². The average Bonchev–Trinajstić information content (AvgIpc) is 2.95. The molecule has 0 aromatic carbocycles. The summed E-state index contributed by atoms with van der Waals surface area (Å²) in [6, 6.07) is 2.81. The number of thiophene rings is 1. The topological polar surface area (TPSA) is 98.3 Å². The molecule has 0 spiro atoms. The lowest BCUT2D eigenvalue weighted by molar-refractivity contribution is -0.380. The number of nitrogens with one attached hydrogen (secondary N) is 1. The van der Waals surface area contributed by atoms with E-state index >= 15 is 0 Å². The summed E-state index contributed by atoms with van der Waals surface area (Å²) >= 11 is 0.896. The summed E-state index contributed by atoms with van der Waals surface area (Å²) in [5.41, 5.74) is 5.76. The number of amides is 1. The number of rotatable bonds is 5. The molecule has 1 amide bonds. The van der Waals surface area contributed by atoms with E-state index in [0.717, 1.165) is 24.2 Å². The number of nitro groups is 1. The van der Waals surface area contributed by atoms with Crippen molar-refractivity contribution < 1.29 is 9.72 Å². The largest absolute Gasteiger partial charge is 0.347 e. The fourth-order valence-electron chi connectivity index (χ4n) is 2.69. The minimum atomic E-state index is -0.483. The van der Waals surface area contributed by atoms with Crippen LogP contribution in [0.4, 0.5) is 5.00 Å². The van der Waals surface area contributed by atoms with E-state index in [-0.39, 0.29) is 29.4 Å². The second kappa shape index (κ2) is 8.31. The molecule has 1 unspecified atom stereocenters. The van der Waals surface area contributed by atoms with Crippen LogP contribution in [0.5, 0.6) is 0 Å². The van der Waals surface area contributed by atoms with E-state index in [1.165, 1.54) is 31.4 Å². The SMILES string of the molecule is Cl.NCC(NC(=O)c1ccc([N+](=O)[O-])s1)C1CCCCC1. The van der Waals surface area contributed by atoms with Gasteiger partial charge in [0.15, 0.2) is 0 Å². The Labute approximate surface area is 133 Å². The Morgan fingerprint density at radius 3 is 2.62 bits per heavy atom. The van der Waals surface area contributed by atoms with Crippen molar-refractivity contribution in [3.05, 3.63) is 27.1 Å². The number of nitrogens with two attached hydrogens (primary N) is 1. The third-order valence-electron chi connectivity index (χ3n) is 3.78. The van der Waals surface area contributed by atoms with Crippen LogP contribution < -0.4 is 11.1 Å². The number of halogens is 1. The monoisotopic (exact) mass is 333 g/mol. The maximum atomic E-state index is 12.1. The second-order valence-electron chi connectivity index (χ2n) is 5.11. The van der Waals surface area contributed by atoms with Gasteiger partial charge in [0, 0.05) is 18.7 Å². The summed E-state index contributed by atoms with van der Waals surface area (Å²) in [6.45, 7) is 0.407. The molecule has 1 aliphatic carbocycles. The minimum Gasteiger partial charge on any atom is -0.347 e. The lowest BCUT2D eigenvalue weighted by Crippen LogP contribution is -2.45. The van der Waals surface area contributed by atoms with Gasteiger partial charge in [0.2, 0.25) is 0 Å². The van der Waals surface area contributed by atoms with E-state index < -0.39 is 4.92 Å². The molecular formula is C13H20ClN3O3S. The Kier molecular flexibility index (Phi) is 7.07. The van der Waals surface area contributed by atoms with Crippen LogP contribution in [0.1, 0.15) is 41.8 Å². The van der Waals surface area contributed by atoms with Crippen molar-refractivity contribution in [1.82, 2.24) is 5.32 Å². The number of hydrogen-bond acceptors (Lipinski definition) is 5. The highest BCUT2D eigenvalue weighted by atomic mass is 35.5. The fraction of sp³-hybridized carbons (Fsp3) is 0.615. The summed E-state index contributed by atoms with van der Waals surface area (Å²) in [4.78, 5) is 22.6. The second-order valence-corrected chi connectivity index (χ2v) is 6.17. The summed E-state index contributed by atoms with van der Waals surface area (Å²) in [7, 11) is 0. The van der Waals surface area contributed by atoms with Crippen LogP contribution in [0.2, 0.25) is 0 Å². The van der Waals surface area contributed by atoms with Gasteiger partial charge in [-0.05, 0) is 24.8 Å². The van der Waals surface area contributed by atoms with Crippen LogP contribution in [-0.2, 0) is 0 Å². The smallest absolute Gasteiger partial charge is 0.324 e. The quantitative estimate of drug-likeness (QED) is 0.639. The first-order chi connectivity index (χ1) is 9.61. The van der Waals surface area contributed by atoms with Crippen molar-refractivity contribution in [2.24, 2.45) is 11.7 Å². The molecule has 6 nitrogen and oxygen atoms in total. The molecule has 1 aromatic rings. The molecular weight excluding hydrogens is 314 g/mol. The zero-order valence-corrected chi connectivity index (χ0v) is 13.3. The molecule has 0 aliphatic heterocycles. The predicted octanol–water partition coefficient (Wildman–Crippen LogP) is 2.72. The minimum absolute atomic E-state index is 0. The molecule has 118 valence electrons. The van der Waals surface area contributed by atoms with Crippen LogP contribution in [0.25, 0.3) is 0 Å². The normalized spacial score (nSPS) is 16.8. The summed E-state index contributed by atoms with van der Waals surface area (Å²) in [5, 5.41) is 13.5. The van der Waals surface area contributed by atoms with E-state index in [1.54, 1.807) is 0 Å². The van der Waals surface area contributed by atoms with Gasteiger partial charge in [0.05, 0.1) is 9.80 Å². The molecule has 1 aromatic heterocycles. The first-order valence-corrected chi connectivity index (χ1v) is 7.68. The highest BCUT2D eigenvalue weighted by Crippen LogP contribution is 2.27. The van der Waals surface area contributed by atoms with Gasteiger partial charge in [0.25, 0.3) is 5.91 Å². The molecule has 1 saturated carbocycles. The molecule has 1 heterocycles. The van der Waals surface area contributed by atoms with Crippen LogP contribution in [0.15, 0.2) is 12.1 Å². The molecule has 0 saturated heterocycles. The maximum absolute atomic E-state index is 12.1. The molecule has 0 radical (unpaired) electrons.